The van der Waals surface area contributed by atoms with Crippen LogP contribution in [0.3, 0.4) is 0 Å². The highest BCUT2D eigenvalue weighted by molar-refractivity contribution is 7.98. The smallest absolute Gasteiger partial charge is 0.275 e. The van der Waals surface area contributed by atoms with E-state index in [1.807, 2.05) is 25.1 Å². The average molecular weight is 328 g/mol. The summed E-state index contributed by atoms with van der Waals surface area (Å²) in [5.41, 5.74) is 9.51. The van der Waals surface area contributed by atoms with Gasteiger partial charge < -0.3 is 5.73 Å². The summed E-state index contributed by atoms with van der Waals surface area (Å²) in [7, 11) is 0. The Kier molecular flexibility index (Phi) is 4.93. The van der Waals surface area contributed by atoms with E-state index in [9.17, 15) is 4.79 Å². The molecule has 4 nitrogen and oxygen atoms in total. The summed E-state index contributed by atoms with van der Waals surface area (Å²) in [6.07, 6.45) is 0. The Morgan fingerprint density at radius 3 is 2.85 bits per heavy atom. The second-order valence-corrected chi connectivity index (χ2v) is 6.85. The van der Waals surface area contributed by atoms with Gasteiger partial charge in [-0.15, -0.1) is 23.1 Å². The van der Waals surface area contributed by atoms with Crippen molar-refractivity contribution in [3.8, 4) is 0 Å². The second kappa shape index (κ2) is 6.49. The Hall–Kier alpha value is -1.21. The number of hydrazine groups is 1. The minimum Gasteiger partial charge on any atom is -0.398 e. The molecule has 1 amide bonds. The molecule has 0 radical (unpaired) electrons. The number of thiophene rings is 1. The van der Waals surface area contributed by atoms with E-state index in [2.05, 4.69) is 5.43 Å². The number of carbonyl (C=O) groups is 1. The zero-order valence-electron chi connectivity index (χ0n) is 10.8. The molecular formula is C13H14ClN3OS2. The topological polar surface area (TPSA) is 81.1 Å². The van der Waals surface area contributed by atoms with Crippen LogP contribution >= 0.6 is 34.7 Å². The number of carbonyl (C=O) groups excluding carboxylic acids is 1. The first-order chi connectivity index (χ1) is 9.51. The predicted octanol–water partition coefficient (Wildman–Crippen LogP) is 3.19. The fourth-order valence-electron chi connectivity index (χ4n) is 1.60. The third-order valence-electron chi connectivity index (χ3n) is 2.74. The normalized spacial score (nSPS) is 10.6. The van der Waals surface area contributed by atoms with Crippen LogP contribution < -0.4 is 17.0 Å². The Bertz CT molecular complexity index is 643. The maximum Gasteiger partial charge on any atom is 0.275 e. The number of nitrogen functional groups attached to an aromatic ring is 2. The van der Waals surface area contributed by atoms with Crippen LogP contribution in [0.15, 0.2) is 29.2 Å². The number of amides is 1. The van der Waals surface area contributed by atoms with Gasteiger partial charge in [0.2, 0.25) is 0 Å². The number of aryl methyl sites for hydroxylation is 1. The maximum atomic E-state index is 11.5. The highest BCUT2D eigenvalue weighted by Gasteiger charge is 2.11. The van der Waals surface area contributed by atoms with Gasteiger partial charge in [-0.25, -0.2) is 5.84 Å². The number of benzene rings is 1. The summed E-state index contributed by atoms with van der Waals surface area (Å²) in [6.45, 7) is 1.99. The molecule has 2 aromatic rings. The molecular weight excluding hydrogens is 314 g/mol. The van der Waals surface area contributed by atoms with Crippen LogP contribution in [0.1, 0.15) is 20.1 Å². The molecule has 0 atom stereocenters. The lowest BCUT2D eigenvalue weighted by Crippen LogP contribution is -2.29. The van der Waals surface area contributed by atoms with Gasteiger partial charge in [0.05, 0.1) is 15.6 Å². The molecule has 0 bridgehead atoms. The summed E-state index contributed by atoms with van der Waals surface area (Å²) in [5, 5.41) is 0.556. The minimum atomic E-state index is -0.259. The van der Waals surface area contributed by atoms with Crippen LogP contribution in [0, 0.1) is 6.92 Å². The van der Waals surface area contributed by atoms with Gasteiger partial charge in [-0.2, -0.15) is 0 Å². The number of thioether (sulfide) groups is 1. The SMILES string of the molecule is Cc1sc(C(=O)NN)cc1CSc1ccc(N)c(Cl)c1. The van der Waals surface area contributed by atoms with E-state index in [0.29, 0.717) is 15.6 Å². The molecule has 0 unspecified atom stereocenters. The quantitative estimate of drug-likeness (QED) is 0.265. The fraction of sp³-hybridized carbons (Fsp3) is 0.154. The largest absolute Gasteiger partial charge is 0.398 e. The first kappa shape index (κ1) is 15.2. The zero-order chi connectivity index (χ0) is 14.7. The summed E-state index contributed by atoms with van der Waals surface area (Å²) < 4.78 is 0. The fourth-order valence-corrected chi connectivity index (χ4v) is 3.87. The van der Waals surface area contributed by atoms with Crippen molar-refractivity contribution >= 4 is 46.3 Å². The Morgan fingerprint density at radius 2 is 2.20 bits per heavy atom. The van der Waals surface area contributed by atoms with Crippen LogP contribution in [-0.2, 0) is 5.75 Å². The predicted molar refractivity (Wildman–Crippen MR) is 86.1 cm³/mol. The number of hydrogen-bond acceptors (Lipinski definition) is 5. The van der Waals surface area contributed by atoms with E-state index < -0.39 is 0 Å². The molecule has 0 aliphatic heterocycles. The molecule has 7 heteroatoms. The summed E-state index contributed by atoms with van der Waals surface area (Å²) in [6, 6.07) is 7.43. The third-order valence-corrected chi connectivity index (χ3v) is 5.20. The molecule has 0 saturated carbocycles. The van der Waals surface area contributed by atoms with Crippen LogP contribution in [-0.4, -0.2) is 5.91 Å². The number of hydrogen-bond donors (Lipinski definition) is 3. The number of halogens is 1. The molecule has 0 fully saturated rings. The monoisotopic (exact) mass is 327 g/mol. The second-order valence-electron chi connectivity index (χ2n) is 4.14. The molecule has 2 rings (SSSR count). The lowest BCUT2D eigenvalue weighted by Gasteiger charge is -2.03. The van der Waals surface area contributed by atoms with Gasteiger partial charge in [-0.1, -0.05) is 11.6 Å². The Labute approximate surface area is 130 Å². The third kappa shape index (κ3) is 3.46. The van der Waals surface area contributed by atoms with Crippen LogP contribution in [0.25, 0.3) is 0 Å². The molecule has 0 saturated heterocycles. The van der Waals surface area contributed by atoms with E-state index in [-0.39, 0.29) is 5.91 Å². The standard InChI is InChI=1S/C13H14ClN3OS2/c1-7-8(4-12(20-7)13(18)17-16)6-19-9-2-3-11(15)10(14)5-9/h2-5H,6,15-16H2,1H3,(H,17,18). The highest BCUT2D eigenvalue weighted by Crippen LogP contribution is 2.31. The summed E-state index contributed by atoms with van der Waals surface area (Å²) in [4.78, 5) is 14.2. The zero-order valence-corrected chi connectivity index (χ0v) is 13.2. The number of anilines is 1. The van der Waals surface area contributed by atoms with Crippen molar-refractivity contribution in [3.63, 3.8) is 0 Å². The van der Waals surface area contributed by atoms with Crippen LogP contribution in [0.4, 0.5) is 5.69 Å². The van der Waals surface area contributed by atoms with Crippen molar-refractivity contribution in [1.29, 1.82) is 0 Å². The first-order valence-electron chi connectivity index (χ1n) is 5.79. The van der Waals surface area contributed by atoms with E-state index in [4.69, 9.17) is 23.2 Å². The van der Waals surface area contributed by atoms with Crippen molar-refractivity contribution < 1.29 is 4.79 Å². The first-order valence-corrected chi connectivity index (χ1v) is 7.97. The van der Waals surface area contributed by atoms with E-state index in [0.717, 1.165) is 21.1 Å². The lowest BCUT2D eigenvalue weighted by molar-refractivity contribution is 0.0957. The molecule has 106 valence electrons. The minimum absolute atomic E-state index is 0.259. The van der Waals surface area contributed by atoms with Gasteiger partial charge in [0.15, 0.2) is 0 Å². The van der Waals surface area contributed by atoms with Crippen molar-refractivity contribution in [2.75, 3.05) is 5.73 Å². The van der Waals surface area contributed by atoms with Gasteiger partial charge in [-0.05, 0) is 36.8 Å². The van der Waals surface area contributed by atoms with Crippen molar-refractivity contribution in [2.45, 2.75) is 17.6 Å². The molecule has 0 spiro atoms. The molecule has 1 aromatic heterocycles. The van der Waals surface area contributed by atoms with Gasteiger partial charge in [-0.3, -0.25) is 10.2 Å². The molecule has 0 aliphatic rings. The van der Waals surface area contributed by atoms with E-state index >= 15 is 0 Å². The maximum absolute atomic E-state index is 11.5. The van der Waals surface area contributed by atoms with Gasteiger partial charge in [0.25, 0.3) is 5.91 Å². The lowest BCUT2D eigenvalue weighted by atomic mass is 10.3. The summed E-state index contributed by atoms with van der Waals surface area (Å²) >= 11 is 9.07. The Morgan fingerprint density at radius 1 is 1.45 bits per heavy atom. The van der Waals surface area contributed by atoms with E-state index in [1.54, 1.807) is 17.8 Å². The molecule has 0 aliphatic carbocycles. The Balaban J connectivity index is 2.08. The van der Waals surface area contributed by atoms with Crippen molar-refractivity contribution in [3.05, 3.63) is 44.6 Å². The van der Waals surface area contributed by atoms with E-state index in [1.165, 1.54) is 11.3 Å². The average Bonchev–Trinajstić information content (AvgIpc) is 2.80. The van der Waals surface area contributed by atoms with Crippen LogP contribution in [0.2, 0.25) is 5.02 Å². The van der Waals surface area contributed by atoms with Gasteiger partial charge in [0.1, 0.15) is 0 Å². The highest BCUT2D eigenvalue weighted by atomic mass is 35.5. The molecule has 1 heterocycles. The molecule has 20 heavy (non-hydrogen) atoms. The van der Waals surface area contributed by atoms with Crippen molar-refractivity contribution in [2.24, 2.45) is 5.84 Å². The molecule has 5 N–H and O–H groups in total. The number of nitrogens with one attached hydrogen (secondary N) is 1. The van der Waals surface area contributed by atoms with Gasteiger partial charge in [0, 0.05) is 15.5 Å². The van der Waals surface area contributed by atoms with Crippen LogP contribution in [0.5, 0.6) is 0 Å². The summed E-state index contributed by atoms with van der Waals surface area (Å²) in [5.74, 6) is 5.64. The van der Waals surface area contributed by atoms with Gasteiger partial charge >= 0.3 is 0 Å². The van der Waals surface area contributed by atoms with Crippen molar-refractivity contribution in [1.82, 2.24) is 5.43 Å². The number of nitrogens with two attached hydrogens (primary N) is 2. The molecule has 1 aromatic carbocycles. The number of rotatable bonds is 4.